The van der Waals surface area contributed by atoms with Crippen molar-refractivity contribution in [1.29, 1.82) is 0 Å². The predicted molar refractivity (Wildman–Crippen MR) is 59.8 cm³/mol. The molecule has 0 radical (unpaired) electrons. The summed E-state index contributed by atoms with van der Waals surface area (Å²) in [5.41, 5.74) is 0.790. The number of amides is 1. The lowest BCUT2D eigenvalue weighted by Crippen LogP contribution is -2.28. The largest absolute Gasteiger partial charge is 0.483 e. The van der Waals surface area contributed by atoms with Crippen LogP contribution in [0.15, 0.2) is 30.9 Å². The van der Waals surface area contributed by atoms with Crippen molar-refractivity contribution in [2.45, 2.75) is 6.92 Å². The molecule has 0 aliphatic heterocycles. The van der Waals surface area contributed by atoms with E-state index in [0.29, 0.717) is 12.3 Å². The monoisotopic (exact) mass is 223 g/mol. The number of carbonyl (C=O) groups excluding carboxylic acids is 1. The van der Waals surface area contributed by atoms with Gasteiger partial charge in [0.05, 0.1) is 0 Å². The molecule has 0 fully saturated rings. The molecule has 1 amide bonds. The summed E-state index contributed by atoms with van der Waals surface area (Å²) in [4.78, 5) is 11.2. The van der Waals surface area contributed by atoms with Crippen LogP contribution in [0.5, 0.6) is 5.75 Å². The summed E-state index contributed by atoms with van der Waals surface area (Å²) in [5.74, 6) is -0.260. The van der Waals surface area contributed by atoms with Crippen LogP contribution in [-0.4, -0.2) is 19.1 Å². The second-order valence-corrected chi connectivity index (χ2v) is 3.29. The van der Waals surface area contributed by atoms with Crippen molar-refractivity contribution in [1.82, 2.24) is 5.32 Å². The average molecular weight is 223 g/mol. The van der Waals surface area contributed by atoms with Gasteiger partial charge in [-0.15, -0.1) is 6.58 Å². The van der Waals surface area contributed by atoms with Crippen LogP contribution in [0.25, 0.3) is 0 Å². The molecule has 4 heteroatoms. The predicted octanol–water partition coefficient (Wildman–Crippen LogP) is 1.82. The lowest BCUT2D eigenvalue weighted by molar-refractivity contribution is -0.122. The first-order valence-corrected chi connectivity index (χ1v) is 4.90. The van der Waals surface area contributed by atoms with Crippen LogP contribution in [0.1, 0.15) is 5.56 Å². The van der Waals surface area contributed by atoms with Crippen LogP contribution in [-0.2, 0) is 4.79 Å². The third kappa shape index (κ3) is 3.73. The molecule has 1 aromatic rings. The standard InChI is InChI=1S/C12H14FNO2/c1-3-6-14-12(15)8-16-11-7-10(13)5-4-9(11)2/h3-5,7H,1,6,8H2,2H3,(H,14,15). The molecule has 0 atom stereocenters. The molecule has 0 unspecified atom stereocenters. The number of benzene rings is 1. The lowest BCUT2D eigenvalue weighted by Gasteiger charge is -2.08. The highest BCUT2D eigenvalue weighted by atomic mass is 19.1. The first-order valence-electron chi connectivity index (χ1n) is 4.90. The van der Waals surface area contributed by atoms with E-state index >= 15 is 0 Å². The van der Waals surface area contributed by atoms with Gasteiger partial charge < -0.3 is 10.1 Å². The maximum absolute atomic E-state index is 12.9. The van der Waals surface area contributed by atoms with Crippen LogP contribution >= 0.6 is 0 Å². The van der Waals surface area contributed by atoms with Crippen LogP contribution in [0.3, 0.4) is 0 Å². The second kappa shape index (κ2) is 5.90. The number of nitrogens with one attached hydrogen (secondary N) is 1. The third-order valence-corrected chi connectivity index (χ3v) is 1.95. The highest BCUT2D eigenvalue weighted by Gasteiger charge is 2.04. The van der Waals surface area contributed by atoms with E-state index in [0.717, 1.165) is 5.56 Å². The Balaban J connectivity index is 2.50. The second-order valence-electron chi connectivity index (χ2n) is 3.29. The number of hydrogen-bond donors (Lipinski definition) is 1. The van der Waals surface area contributed by atoms with E-state index in [1.807, 2.05) is 0 Å². The normalized spacial score (nSPS) is 9.62. The molecule has 86 valence electrons. The molecule has 1 aromatic carbocycles. The van der Waals surface area contributed by atoms with Gasteiger partial charge in [0.2, 0.25) is 0 Å². The zero-order valence-electron chi connectivity index (χ0n) is 9.13. The van der Waals surface area contributed by atoms with Crippen molar-refractivity contribution >= 4 is 5.91 Å². The molecule has 0 spiro atoms. The molecule has 1 N–H and O–H groups in total. The molecule has 0 heterocycles. The van der Waals surface area contributed by atoms with Gasteiger partial charge in [-0.25, -0.2) is 4.39 Å². The number of hydrogen-bond acceptors (Lipinski definition) is 2. The average Bonchev–Trinajstić information content (AvgIpc) is 2.27. The minimum Gasteiger partial charge on any atom is -0.483 e. The van der Waals surface area contributed by atoms with Crippen molar-refractivity contribution in [3.05, 3.63) is 42.2 Å². The molecule has 16 heavy (non-hydrogen) atoms. The number of halogens is 1. The van der Waals surface area contributed by atoms with Crippen molar-refractivity contribution in [3.63, 3.8) is 0 Å². The molecule has 0 aromatic heterocycles. The van der Waals surface area contributed by atoms with Crippen LogP contribution < -0.4 is 10.1 Å². The first kappa shape index (κ1) is 12.2. The molecule has 1 rings (SSSR count). The van der Waals surface area contributed by atoms with E-state index < -0.39 is 0 Å². The zero-order valence-corrected chi connectivity index (χ0v) is 9.13. The Morgan fingerprint density at radius 1 is 1.62 bits per heavy atom. The van der Waals surface area contributed by atoms with Gasteiger partial charge >= 0.3 is 0 Å². The van der Waals surface area contributed by atoms with Gasteiger partial charge in [-0.1, -0.05) is 12.1 Å². The van der Waals surface area contributed by atoms with Gasteiger partial charge in [0, 0.05) is 12.6 Å². The maximum atomic E-state index is 12.9. The number of ether oxygens (including phenoxy) is 1. The molecular formula is C12H14FNO2. The fourth-order valence-electron chi connectivity index (χ4n) is 1.11. The van der Waals surface area contributed by atoms with Crippen LogP contribution in [0, 0.1) is 12.7 Å². The van der Waals surface area contributed by atoms with Gasteiger partial charge in [-0.05, 0) is 18.6 Å². The highest BCUT2D eigenvalue weighted by Crippen LogP contribution is 2.18. The maximum Gasteiger partial charge on any atom is 0.258 e. The van der Waals surface area contributed by atoms with E-state index in [1.54, 1.807) is 19.1 Å². The zero-order chi connectivity index (χ0) is 12.0. The minimum absolute atomic E-state index is 0.127. The third-order valence-electron chi connectivity index (χ3n) is 1.95. The quantitative estimate of drug-likeness (QED) is 0.773. The minimum atomic E-state index is -0.382. The Bertz CT molecular complexity index is 391. The summed E-state index contributed by atoms with van der Waals surface area (Å²) in [6, 6.07) is 4.21. The van der Waals surface area contributed by atoms with E-state index in [9.17, 15) is 9.18 Å². The number of carbonyl (C=O) groups is 1. The van der Waals surface area contributed by atoms with Gasteiger partial charge in [0.1, 0.15) is 11.6 Å². The molecule has 0 saturated carbocycles. The highest BCUT2D eigenvalue weighted by molar-refractivity contribution is 5.77. The Morgan fingerprint density at radius 3 is 3.06 bits per heavy atom. The van der Waals surface area contributed by atoms with E-state index in [4.69, 9.17) is 4.74 Å². The van der Waals surface area contributed by atoms with Crippen molar-refractivity contribution in [3.8, 4) is 5.75 Å². The van der Waals surface area contributed by atoms with E-state index in [2.05, 4.69) is 11.9 Å². The molecule has 0 aliphatic carbocycles. The number of aryl methyl sites for hydroxylation is 1. The summed E-state index contributed by atoms with van der Waals surface area (Å²) in [5, 5.41) is 2.56. The van der Waals surface area contributed by atoms with E-state index in [1.165, 1.54) is 12.1 Å². The van der Waals surface area contributed by atoms with Gasteiger partial charge in [-0.2, -0.15) is 0 Å². The Labute approximate surface area is 93.9 Å². The lowest BCUT2D eigenvalue weighted by atomic mass is 10.2. The topological polar surface area (TPSA) is 38.3 Å². The van der Waals surface area contributed by atoms with Crippen molar-refractivity contribution in [2.75, 3.05) is 13.2 Å². The first-order chi connectivity index (χ1) is 7.63. The van der Waals surface area contributed by atoms with Gasteiger partial charge in [0.25, 0.3) is 5.91 Å². The van der Waals surface area contributed by atoms with Crippen molar-refractivity contribution < 1.29 is 13.9 Å². The van der Waals surface area contributed by atoms with E-state index in [-0.39, 0.29) is 18.3 Å². The fraction of sp³-hybridized carbons (Fsp3) is 0.250. The summed E-state index contributed by atoms with van der Waals surface area (Å²) in [6.07, 6.45) is 1.57. The molecule has 0 saturated heterocycles. The van der Waals surface area contributed by atoms with Gasteiger partial charge in [-0.3, -0.25) is 4.79 Å². The summed E-state index contributed by atoms with van der Waals surface area (Å²) < 4.78 is 18.1. The van der Waals surface area contributed by atoms with Crippen molar-refractivity contribution in [2.24, 2.45) is 0 Å². The molecule has 0 aliphatic rings. The van der Waals surface area contributed by atoms with Crippen LogP contribution in [0.2, 0.25) is 0 Å². The Hall–Kier alpha value is -1.84. The summed E-state index contributed by atoms with van der Waals surface area (Å²) in [6.45, 7) is 5.53. The summed E-state index contributed by atoms with van der Waals surface area (Å²) >= 11 is 0. The smallest absolute Gasteiger partial charge is 0.258 e. The van der Waals surface area contributed by atoms with Crippen LogP contribution in [0.4, 0.5) is 4.39 Å². The van der Waals surface area contributed by atoms with Gasteiger partial charge in [0.15, 0.2) is 6.61 Å². The summed E-state index contributed by atoms with van der Waals surface area (Å²) in [7, 11) is 0. The fourth-order valence-corrected chi connectivity index (χ4v) is 1.11. The number of rotatable bonds is 5. The Kier molecular flexibility index (Phi) is 4.51. The Morgan fingerprint density at radius 2 is 2.38 bits per heavy atom. The molecule has 0 bridgehead atoms. The molecular weight excluding hydrogens is 209 g/mol. The SMILES string of the molecule is C=CCNC(=O)COc1cc(F)ccc1C. The molecule has 3 nitrogen and oxygen atoms in total.